The van der Waals surface area contributed by atoms with Crippen molar-refractivity contribution in [1.82, 2.24) is 19.3 Å². The summed E-state index contributed by atoms with van der Waals surface area (Å²) < 4.78 is 30.3. The summed E-state index contributed by atoms with van der Waals surface area (Å²) in [6, 6.07) is 7.66. The van der Waals surface area contributed by atoms with Gasteiger partial charge in [-0.25, -0.2) is 4.98 Å². The Bertz CT molecular complexity index is 726. The van der Waals surface area contributed by atoms with Gasteiger partial charge in [-0.2, -0.15) is 17.4 Å². The van der Waals surface area contributed by atoms with Crippen molar-refractivity contribution in [2.24, 2.45) is 0 Å². The number of piperazine rings is 1. The molecule has 2 atom stereocenters. The first-order chi connectivity index (χ1) is 10.5. The van der Waals surface area contributed by atoms with E-state index in [0.717, 1.165) is 15.2 Å². The van der Waals surface area contributed by atoms with E-state index in [1.54, 1.807) is 0 Å². The molecule has 22 heavy (non-hydrogen) atoms. The highest BCUT2D eigenvalue weighted by atomic mass is 32.2. The lowest BCUT2D eigenvalue weighted by Crippen LogP contribution is -2.54. The van der Waals surface area contributed by atoms with E-state index in [2.05, 4.69) is 15.0 Å². The van der Waals surface area contributed by atoms with Crippen LogP contribution in [0.4, 0.5) is 0 Å². The lowest BCUT2D eigenvalue weighted by atomic mass is 10.3. The first-order valence-electron chi connectivity index (χ1n) is 7.32. The van der Waals surface area contributed by atoms with Gasteiger partial charge < -0.3 is 5.32 Å². The van der Waals surface area contributed by atoms with Gasteiger partial charge in [0.05, 0.1) is 16.3 Å². The zero-order chi connectivity index (χ0) is 15.7. The van der Waals surface area contributed by atoms with E-state index in [1.807, 2.05) is 38.1 Å². The maximum absolute atomic E-state index is 12.5. The summed E-state index contributed by atoms with van der Waals surface area (Å²) in [7, 11) is -3.49. The van der Waals surface area contributed by atoms with Crippen LogP contribution in [0.15, 0.2) is 24.3 Å². The highest BCUT2D eigenvalue weighted by Crippen LogP contribution is 2.26. The molecule has 0 bridgehead atoms. The third-order valence-electron chi connectivity index (χ3n) is 3.68. The number of hydrogen-bond acceptors (Lipinski definition) is 5. The van der Waals surface area contributed by atoms with E-state index in [0.29, 0.717) is 19.6 Å². The number of benzene rings is 1. The number of hydrogen-bond donors (Lipinski definition) is 2. The van der Waals surface area contributed by atoms with Gasteiger partial charge >= 0.3 is 0 Å². The van der Waals surface area contributed by atoms with Crippen LogP contribution in [0.1, 0.15) is 24.9 Å². The van der Waals surface area contributed by atoms with Crippen molar-refractivity contribution in [1.29, 1.82) is 0 Å². The van der Waals surface area contributed by atoms with Gasteiger partial charge in [-0.1, -0.05) is 12.1 Å². The Morgan fingerprint density at radius 3 is 2.95 bits per heavy atom. The topological polar surface area (TPSA) is 74.3 Å². The van der Waals surface area contributed by atoms with Gasteiger partial charge in [-0.15, -0.1) is 11.3 Å². The Labute approximate surface area is 134 Å². The fourth-order valence-corrected chi connectivity index (χ4v) is 5.04. The van der Waals surface area contributed by atoms with Crippen LogP contribution < -0.4 is 10.0 Å². The molecule has 2 unspecified atom stereocenters. The van der Waals surface area contributed by atoms with Crippen LogP contribution in [-0.2, 0) is 10.2 Å². The minimum Gasteiger partial charge on any atom is -0.312 e. The Balaban J connectivity index is 1.76. The molecular formula is C14H20N4O2S2. The summed E-state index contributed by atoms with van der Waals surface area (Å²) in [4.78, 5) is 4.52. The Morgan fingerprint density at radius 2 is 2.23 bits per heavy atom. The number of thiazole rings is 1. The van der Waals surface area contributed by atoms with Crippen molar-refractivity contribution in [3.8, 4) is 0 Å². The highest BCUT2D eigenvalue weighted by molar-refractivity contribution is 7.87. The first-order valence-corrected chi connectivity index (χ1v) is 9.57. The van der Waals surface area contributed by atoms with Crippen molar-refractivity contribution < 1.29 is 8.42 Å². The number of nitrogens with one attached hydrogen (secondary N) is 2. The third-order valence-corrected chi connectivity index (χ3v) is 6.56. The predicted molar refractivity (Wildman–Crippen MR) is 89.1 cm³/mol. The summed E-state index contributed by atoms with van der Waals surface area (Å²) in [5.41, 5.74) is 0.907. The molecule has 0 spiro atoms. The van der Waals surface area contributed by atoms with Crippen LogP contribution in [0.2, 0.25) is 0 Å². The van der Waals surface area contributed by atoms with E-state index in [1.165, 1.54) is 15.6 Å². The van der Waals surface area contributed by atoms with E-state index >= 15 is 0 Å². The number of rotatable bonds is 4. The molecule has 2 N–H and O–H groups in total. The molecule has 1 aromatic heterocycles. The highest BCUT2D eigenvalue weighted by Gasteiger charge is 2.28. The van der Waals surface area contributed by atoms with Gasteiger partial charge in [0.1, 0.15) is 5.01 Å². The molecule has 1 fully saturated rings. The van der Waals surface area contributed by atoms with E-state index in [9.17, 15) is 8.42 Å². The zero-order valence-corrected chi connectivity index (χ0v) is 14.2. The molecule has 1 aromatic carbocycles. The normalized spacial score (nSPS) is 22.0. The molecule has 0 radical (unpaired) electrons. The lowest BCUT2D eigenvalue weighted by Gasteiger charge is -2.31. The Hall–Kier alpha value is -1.06. The minimum absolute atomic E-state index is 0.170. The molecule has 0 aliphatic carbocycles. The average molecular weight is 340 g/mol. The summed E-state index contributed by atoms with van der Waals surface area (Å²) in [6.07, 6.45) is 0. The molecule has 0 amide bonds. The standard InChI is InChI=1S/C14H20N4O2S2/c1-10-9-18(8-7-15-10)22(19,20)17-11(2)14-16-12-5-3-4-6-13(12)21-14/h3-6,10-11,15,17H,7-9H2,1-2H3. The van der Waals surface area contributed by atoms with Crippen LogP contribution in [0.5, 0.6) is 0 Å². The lowest BCUT2D eigenvalue weighted by molar-refractivity contribution is 0.305. The molecule has 1 aliphatic rings. The summed E-state index contributed by atoms with van der Waals surface area (Å²) >= 11 is 1.52. The van der Waals surface area contributed by atoms with Crippen molar-refractivity contribution in [2.45, 2.75) is 25.9 Å². The maximum Gasteiger partial charge on any atom is 0.280 e. The van der Waals surface area contributed by atoms with Gasteiger partial charge in [-0.3, -0.25) is 0 Å². The SMILES string of the molecule is CC1CN(S(=O)(=O)NC(C)c2nc3ccccc3s2)CCN1. The van der Waals surface area contributed by atoms with Crippen LogP contribution in [-0.4, -0.2) is 43.4 Å². The van der Waals surface area contributed by atoms with Crippen LogP contribution in [0.3, 0.4) is 0 Å². The molecule has 1 saturated heterocycles. The van der Waals surface area contributed by atoms with Gasteiger partial charge in [0.25, 0.3) is 10.2 Å². The maximum atomic E-state index is 12.5. The summed E-state index contributed by atoms with van der Waals surface area (Å²) in [6.45, 7) is 5.48. The second kappa shape index (κ2) is 6.21. The van der Waals surface area contributed by atoms with Gasteiger partial charge in [-0.05, 0) is 26.0 Å². The fraction of sp³-hybridized carbons (Fsp3) is 0.500. The largest absolute Gasteiger partial charge is 0.312 e. The molecule has 1 aliphatic heterocycles. The quantitative estimate of drug-likeness (QED) is 0.884. The molecule has 6 nitrogen and oxygen atoms in total. The van der Waals surface area contributed by atoms with Crippen molar-refractivity contribution in [3.63, 3.8) is 0 Å². The third kappa shape index (κ3) is 3.31. The smallest absolute Gasteiger partial charge is 0.280 e. The van der Waals surface area contributed by atoms with E-state index in [-0.39, 0.29) is 12.1 Å². The van der Waals surface area contributed by atoms with Crippen LogP contribution in [0, 0.1) is 0 Å². The van der Waals surface area contributed by atoms with Crippen molar-refractivity contribution in [3.05, 3.63) is 29.3 Å². The minimum atomic E-state index is -3.49. The Kier molecular flexibility index (Phi) is 4.47. The number of fused-ring (bicyclic) bond motifs is 1. The molecule has 2 heterocycles. The Morgan fingerprint density at radius 1 is 1.45 bits per heavy atom. The molecule has 3 rings (SSSR count). The molecule has 8 heteroatoms. The van der Waals surface area contributed by atoms with Crippen molar-refractivity contribution >= 4 is 31.8 Å². The van der Waals surface area contributed by atoms with Gasteiger partial charge in [0.2, 0.25) is 0 Å². The van der Waals surface area contributed by atoms with Gasteiger partial charge in [0, 0.05) is 25.7 Å². The first kappa shape index (κ1) is 15.8. The molecular weight excluding hydrogens is 320 g/mol. The average Bonchev–Trinajstić information content (AvgIpc) is 2.91. The molecule has 2 aromatic rings. The second-order valence-electron chi connectivity index (χ2n) is 5.58. The fourth-order valence-electron chi connectivity index (χ4n) is 2.54. The van der Waals surface area contributed by atoms with E-state index in [4.69, 9.17) is 0 Å². The van der Waals surface area contributed by atoms with Crippen LogP contribution in [0.25, 0.3) is 10.2 Å². The number of aromatic nitrogens is 1. The van der Waals surface area contributed by atoms with Crippen molar-refractivity contribution in [2.75, 3.05) is 19.6 Å². The molecule has 120 valence electrons. The zero-order valence-electron chi connectivity index (χ0n) is 12.6. The van der Waals surface area contributed by atoms with Crippen LogP contribution >= 0.6 is 11.3 Å². The number of para-hydroxylation sites is 1. The second-order valence-corrected chi connectivity index (χ2v) is 8.34. The summed E-state index contributed by atoms with van der Waals surface area (Å²) in [5, 5.41) is 4.03. The van der Waals surface area contributed by atoms with Gasteiger partial charge in [0.15, 0.2) is 0 Å². The predicted octanol–water partition coefficient (Wildman–Crippen LogP) is 1.49. The molecule has 0 saturated carbocycles. The van der Waals surface area contributed by atoms with E-state index < -0.39 is 10.2 Å². The monoisotopic (exact) mass is 340 g/mol. The number of nitrogens with zero attached hydrogens (tertiary/aromatic N) is 2. The summed E-state index contributed by atoms with van der Waals surface area (Å²) in [5.74, 6) is 0.